The maximum Gasteiger partial charge on any atom is 0.262 e. The molecule has 9 heteroatoms. The van der Waals surface area contributed by atoms with Gasteiger partial charge in [0.05, 0.1) is 21.6 Å². The van der Waals surface area contributed by atoms with Crippen LogP contribution < -0.4 is 10.0 Å². The van der Waals surface area contributed by atoms with Gasteiger partial charge in [0.2, 0.25) is 5.91 Å². The third kappa shape index (κ3) is 5.09. The van der Waals surface area contributed by atoms with Crippen LogP contribution in [0.3, 0.4) is 0 Å². The second-order valence-electron chi connectivity index (χ2n) is 7.34. The van der Waals surface area contributed by atoms with Crippen molar-refractivity contribution in [3.63, 3.8) is 0 Å². The van der Waals surface area contributed by atoms with Crippen LogP contribution in [0.5, 0.6) is 0 Å². The van der Waals surface area contributed by atoms with Crippen molar-refractivity contribution >= 4 is 49.9 Å². The molecule has 3 N–H and O–H groups in total. The number of halogens is 1. The molecule has 1 heterocycles. The van der Waals surface area contributed by atoms with Gasteiger partial charge in [-0.3, -0.25) is 9.52 Å². The lowest BCUT2D eigenvalue weighted by Gasteiger charge is -2.13. The molecule has 0 saturated heterocycles. The highest BCUT2D eigenvalue weighted by Gasteiger charge is 2.18. The number of fused-ring (bicyclic) bond motifs is 1. The Kier molecular flexibility index (Phi) is 6.16. The van der Waals surface area contributed by atoms with Crippen LogP contribution >= 0.6 is 11.6 Å². The lowest BCUT2D eigenvalue weighted by atomic mass is 10.2. The van der Waals surface area contributed by atoms with E-state index < -0.39 is 10.0 Å². The number of nitrogens with one attached hydrogen (secondary N) is 3. The molecule has 1 amide bonds. The molecule has 4 rings (SSSR count). The quantitative estimate of drug-likeness (QED) is 0.359. The van der Waals surface area contributed by atoms with Gasteiger partial charge < -0.3 is 10.3 Å². The molecular weight excluding hydrogens is 448 g/mol. The van der Waals surface area contributed by atoms with E-state index in [9.17, 15) is 13.2 Å². The first-order chi connectivity index (χ1) is 15.3. The van der Waals surface area contributed by atoms with Gasteiger partial charge in [0.25, 0.3) is 10.0 Å². The number of sulfonamides is 1. The van der Waals surface area contributed by atoms with E-state index in [-0.39, 0.29) is 17.2 Å². The first-order valence-corrected chi connectivity index (χ1v) is 11.8. The van der Waals surface area contributed by atoms with E-state index in [0.29, 0.717) is 28.4 Å². The van der Waals surface area contributed by atoms with Gasteiger partial charge in [-0.25, -0.2) is 13.4 Å². The van der Waals surface area contributed by atoms with Crippen molar-refractivity contribution in [2.75, 3.05) is 10.0 Å². The van der Waals surface area contributed by atoms with E-state index in [4.69, 9.17) is 11.6 Å². The lowest BCUT2D eigenvalue weighted by Crippen LogP contribution is -2.16. The van der Waals surface area contributed by atoms with Crippen molar-refractivity contribution in [3.8, 4) is 0 Å². The Hall–Kier alpha value is -3.36. The minimum atomic E-state index is -3.86. The predicted molar refractivity (Wildman–Crippen MR) is 126 cm³/mol. The number of carbonyl (C=O) groups is 1. The second kappa shape index (κ2) is 9.02. The molecule has 0 aliphatic carbocycles. The standard InChI is InChI=1S/C23H21ClN4O3S/c1-15-9-10-17(14-21(15)32(30,31)28-18-6-4-5-16(24)13-18)25-23(29)12-11-22-26-19-7-2-3-8-20(19)27-22/h2-10,13-14,28H,11-12H2,1H3,(H,25,29)(H,26,27). The van der Waals surface area contributed by atoms with Crippen LogP contribution in [0.15, 0.2) is 71.6 Å². The van der Waals surface area contributed by atoms with Crippen LogP contribution in [0.1, 0.15) is 17.8 Å². The highest BCUT2D eigenvalue weighted by Crippen LogP contribution is 2.24. The third-order valence-corrected chi connectivity index (χ3v) is 6.62. The van der Waals surface area contributed by atoms with Crippen LogP contribution in [0, 0.1) is 6.92 Å². The van der Waals surface area contributed by atoms with Gasteiger partial charge in [-0.15, -0.1) is 0 Å². The maximum absolute atomic E-state index is 12.9. The molecule has 0 aliphatic rings. The van der Waals surface area contributed by atoms with E-state index in [1.54, 1.807) is 37.3 Å². The van der Waals surface area contributed by atoms with Gasteiger partial charge in [0.15, 0.2) is 0 Å². The van der Waals surface area contributed by atoms with E-state index in [1.165, 1.54) is 12.1 Å². The Labute approximate surface area is 190 Å². The molecule has 0 aliphatic heterocycles. The summed E-state index contributed by atoms with van der Waals surface area (Å²) in [5, 5.41) is 3.19. The topological polar surface area (TPSA) is 104 Å². The minimum absolute atomic E-state index is 0.0764. The summed E-state index contributed by atoms with van der Waals surface area (Å²) in [4.78, 5) is 20.2. The number of anilines is 2. The number of nitrogens with zero attached hydrogens (tertiary/aromatic N) is 1. The van der Waals surface area contributed by atoms with Crippen LogP contribution in [-0.4, -0.2) is 24.3 Å². The molecule has 4 aromatic rings. The first-order valence-electron chi connectivity index (χ1n) is 9.93. The number of hydrogen-bond acceptors (Lipinski definition) is 4. The average molecular weight is 469 g/mol. The van der Waals surface area contributed by atoms with E-state index in [2.05, 4.69) is 20.0 Å². The Balaban J connectivity index is 1.45. The second-order valence-corrected chi connectivity index (χ2v) is 9.43. The van der Waals surface area contributed by atoms with Crippen LogP contribution in [0.25, 0.3) is 11.0 Å². The number of amides is 1. The number of H-pyrrole nitrogens is 1. The SMILES string of the molecule is Cc1ccc(NC(=O)CCc2nc3ccccc3[nH]2)cc1S(=O)(=O)Nc1cccc(Cl)c1. The predicted octanol–water partition coefficient (Wildman–Crippen LogP) is 4.90. The number of carbonyl (C=O) groups excluding carboxylic acids is 1. The number of benzene rings is 3. The Bertz CT molecular complexity index is 1370. The van der Waals surface area contributed by atoms with Gasteiger partial charge in [0, 0.05) is 23.6 Å². The zero-order chi connectivity index (χ0) is 22.7. The summed E-state index contributed by atoms with van der Waals surface area (Å²) in [6.07, 6.45) is 0.643. The molecule has 0 fully saturated rings. The minimum Gasteiger partial charge on any atom is -0.342 e. The molecule has 7 nitrogen and oxygen atoms in total. The van der Waals surface area contributed by atoms with Crippen LogP contribution in [0.4, 0.5) is 11.4 Å². The van der Waals surface area contributed by atoms with Gasteiger partial charge in [-0.05, 0) is 55.0 Å². The van der Waals surface area contributed by atoms with Gasteiger partial charge in [-0.1, -0.05) is 35.9 Å². The zero-order valence-corrected chi connectivity index (χ0v) is 18.8. The number of aromatic nitrogens is 2. The summed E-state index contributed by atoms with van der Waals surface area (Å²) in [6.45, 7) is 1.69. The highest BCUT2D eigenvalue weighted by atomic mass is 35.5. The largest absolute Gasteiger partial charge is 0.342 e. The number of aromatic amines is 1. The van der Waals surface area contributed by atoms with Crippen molar-refractivity contribution in [2.24, 2.45) is 0 Å². The number of aryl methyl sites for hydroxylation is 2. The summed E-state index contributed by atoms with van der Waals surface area (Å²) in [7, 11) is -3.86. The summed E-state index contributed by atoms with van der Waals surface area (Å²) in [5.74, 6) is 0.486. The zero-order valence-electron chi connectivity index (χ0n) is 17.2. The Morgan fingerprint density at radius 2 is 1.84 bits per heavy atom. The average Bonchev–Trinajstić information content (AvgIpc) is 3.16. The van der Waals surface area contributed by atoms with Gasteiger partial charge in [-0.2, -0.15) is 0 Å². The highest BCUT2D eigenvalue weighted by molar-refractivity contribution is 7.92. The maximum atomic E-state index is 12.9. The normalized spacial score (nSPS) is 11.4. The Morgan fingerprint density at radius 3 is 2.62 bits per heavy atom. The number of imidazole rings is 1. The lowest BCUT2D eigenvalue weighted by molar-refractivity contribution is -0.116. The molecule has 0 bridgehead atoms. The molecule has 0 spiro atoms. The summed E-state index contributed by atoms with van der Waals surface area (Å²) in [6, 6.07) is 18.9. The van der Waals surface area contributed by atoms with E-state index >= 15 is 0 Å². The molecule has 0 atom stereocenters. The van der Waals surface area contributed by atoms with Crippen LogP contribution in [-0.2, 0) is 21.2 Å². The number of hydrogen-bond donors (Lipinski definition) is 3. The monoisotopic (exact) mass is 468 g/mol. The van der Waals surface area contributed by atoms with Crippen molar-refractivity contribution in [1.29, 1.82) is 0 Å². The number of rotatable bonds is 7. The smallest absolute Gasteiger partial charge is 0.262 e. The Morgan fingerprint density at radius 1 is 1.03 bits per heavy atom. The molecule has 0 radical (unpaired) electrons. The van der Waals surface area contributed by atoms with Gasteiger partial charge >= 0.3 is 0 Å². The molecule has 0 saturated carbocycles. The summed E-state index contributed by atoms with van der Waals surface area (Å²) < 4.78 is 28.3. The van der Waals surface area contributed by atoms with Crippen molar-refractivity contribution in [3.05, 3.63) is 83.1 Å². The first kappa shape index (κ1) is 21.9. The number of para-hydroxylation sites is 2. The molecule has 0 unspecified atom stereocenters. The summed E-state index contributed by atoms with van der Waals surface area (Å²) >= 11 is 5.94. The van der Waals surface area contributed by atoms with Gasteiger partial charge in [0.1, 0.15) is 5.82 Å². The fraction of sp³-hybridized carbons (Fsp3) is 0.130. The fourth-order valence-electron chi connectivity index (χ4n) is 3.31. The van der Waals surface area contributed by atoms with E-state index in [1.807, 2.05) is 24.3 Å². The van der Waals surface area contributed by atoms with Crippen LogP contribution in [0.2, 0.25) is 5.02 Å². The summed E-state index contributed by atoms with van der Waals surface area (Å²) in [5.41, 5.74) is 3.08. The molecule has 3 aromatic carbocycles. The molecule has 1 aromatic heterocycles. The molecule has 32 heavy (non-hydrogen) atoms. The van der Waals surface area contributed by atoms with E-state index in [0.717, 1.165) is 16.9 Å². The molecule has 164 valence electrons. The van der Waals surface area contributed by atoms with Crippen molar-refractivity contribution < 1.29 is 13.2 Å². The third-order valence-electron chi connectivity index (χ3n) is 4.87. The van der Waals surface area contributed by atoms with Crippen molar-refractivity contribution in [2.45, 2.75) is 24.7 Å². The molecular formula is C23H21ClN4O3S. The van der Waals surface area contributed by atoms with Crippen molar-refractivity contribution in [1.82, 2.24) is 9.97 Å². The fourth-order valence-corrected chi connectivity index (χ4v) is 4.82.